The molecule has 0 aromatic heterocycles. The molecule has 0 aliphatic carbocycles. The molecule has 0 spiro atoms. The van der Waals surface area contributed by atoms with Gasteiger partial charge in [-0.1, -0.05) is 48.5 Å². The summed E-state index contributed by atoms with van der Waals surface area (Å²) in [5.74, 6) is 0.723. The summed E-state index contributed by atoms with van der Waals surface area (Å²) in [5, 5.41) is 3.32. The van der Waals surface area contributed by atoms with Crippen LogP contribution in [0.15, 0.2) is 60.7 Å². The first-order valence-corrected chi connectivity index (χ1v) is 8.99. The first-order chi connectivity index (χ1) is 11.7. The molecule has 124 valence electrons. The lowest BCUT2D eigenvalue weighted by Crippen LogP contribution is -2.66. The van der Waals surface area contributed by atoms with Crippen molar-refractivity contribution in [1.82, 2.24) is 5.32 Å². The second-order valence-electron chi connectivity index (χ2n) is 7.40. The number of amides is 1. The Bertz CT molecular complexity index is 690. The van der Waals surface area contributed by atoms with Crippen LogP contribution in [0.3, 0.4) is 0 Å². The van der Waals surface area contributed by atoms with Crippen molar-refractivity contribution in [2.24, 2.45) is 5.92 Å². The highest BCUT2D eigenvalue weighted by Crippen LogP contribution is 2.35. The van der Waals surface area contributed by atoms with Gasteiger partial charge in [0, 0.05) is 24.0 Å². The van der Waals surface area contributed by atoms with Crippen LogP contribution < -0.4 is 5.32 Å². The number of carbonyl (C=O) groups excluding carboxylic acids is 1. The molecule has 24 heavy (non-hydrogen) atoms. The molecular formula is C21H25N2O+. The van der Waals surface area contributed by atoms with Gasteiger partial charge in [-0.15, -0.1) is 0 Å². The Balaban J connectivity index is 1.47. The third-order valence-electron chi connectivity index (χ3n) is 5.81. The van der Waals surface area contributed by atoms with E-state index in [1.165, 1.54) is 31.5 Å². The first-order valence-electron chi connectivity index (χ1n) is 8.99. The van der Waals surface area contributed by atoms with Crippen LogP contribution in [0.1, 0.15) is 28.8 Å². The monoisotopic (exact) mass is 321 g/mol. The van der Waals surface area contributed by atoms with Gasteiger partial charge in [0.05, 0.1) is 25.7 Å². The fourth-order valence-corrected chi connectivity index (χ4v) is 4.48. The zero-order valence-electron chi connectivity index (χ0n) is 14.0. The van der Waals surface area contributed by atoms with Crippen molar-refractivity contribution in [3.05, 3.63) is 71.8 Å². The highest BCUT2D eigenvalue weighted by atomic mass is 16.1. The molecule has 3 heteroatoms. The molecule has 2 aromatic rings. The van der Waals surface area contributed by atoms with Crippen LogP contribution in [-0.2, 0) is 6.54 Å². The molecule has 1 N–H and O–H groups in total. The lowest BCUT2D eigenvalue weighted by molar-refractivity contribution is -0.956. The van der Waals surface area contributed by atoms with E-state index in [9.17, 15) is 4.79 Å². The van der Waals surface area contributed by atoms with Crippen molar-refractivity contribution in [3.8, 4) is 0 Å². The van der Waals surface area contributed by atoms with Crippen molar-refractivity contribution < 1.29 is 9.28 Å². The van der Waals surface area contributed by atoms with Crippen molar-refractivity contribution in [2.75, 3.05) is 19.6 Å². The minimum Gasteiger partial charge on any atom is -0.343 e. The van der Waals surface area contributed by atoms with Crippen LogP contribution in [0, 0.1) is 5.92 Å². The number of nitrogens with one attached hydrogen (secondary N) is 1. The van der Waals surface area contributed by atoms with E-state index < -0.39 is 0 Å². The van der Waals surface area contributed by atoms with E-state index >= 15 is 0 Å². The Labute approximate surface area is 143 Å². The molecule has 2 bridgehead atoms. The summed E-state index contributed by atoms with van der Waals surface area (Å²) < 4.78 is 1.13. The van der Waals surface area contributed by atoms with Gasteiger partial charge in [-0.05, 0) is 18.1 Å². The Morgan fingerprint density at radius 3 is 2.25 bits per heavy atom. The van der Waals surface area contributed by atoms with E-state index in [0.717, 1.165) is 23.1 Å². The molecule has 2 aromatic carbocycles. The molecule has 1 atom stereocenters. The number of carbonyl (C=O) groups is 1. The fourth-order valence-electron chi connectivity index (χ4n) is 4.48. The van der Waals surface area contributed by atoms with Gasteiger partial charge >= 0.3 is 0 Å². The summed E-state index contributed by atoms with van der Waals surface area (Å²) in [5.41, 5.74) is 2.18. The zero-order chi connectivity index (χ0) is 16.4. The van der Waals surface area contributed by atoms with E-state index in [0.29, 0.717) is 12.0 Å². The second kappa shape index (κ2) is 6.40. The number of fused-ring (bicyclic) bond motifs is 3. The highest BCUT2D eigenvalue weighted by molar-refractivity contribution is 5.94. The molecule has 3 aliphatic heterocycles. The molecule has 1 unspecified atom stereocenters. The van der Waals surface area contributed by atoms with E-state index in [2.05, 4.69) is 35.6 Å². The van der Waals surface area contributed by atoms with Gasteiger partial charge in [0.2, 0.25) is 0 Å². The summed E-state index contributed by atoms with van der Waals surface area (Å²) in [4.78, 5) is 12.5. The fraction of sp³-hybridized carbons (Fsp3) is 0.381. The quantitative estimate of drug-likeness (QED) is 0.861. The smallest absolute Gasteiger partial charge is 0.251 e. The first kappa shape index (κ1) is 15.4. The van der Waals surface area contributed by atoms with Crippen molar-refractivity contribution in [2.45, 2.75) is 25.4 Å². The number of benzene rings is 2. The summed E-state index contributed by atoms with van der Waals surface area (Å²) in [7, 11) is 0. The van der Waals surface area contributed by atoms with Crippen LogP contribution in [0.4, 0.5) is 0 Å². The third kappa shape index (κ3) is 3.09. The Morgan fingerprint density at radius 1 is 0.958 bits per heavy atom. The number of quaternary nitrogens is 1. The highest BCUT2D eigenvalue weighted by Gasteiger charge is 2.46. The minimum absolute atomic E-state index is 0.0761. The summed E-state index contributed by atoms with van der Waals surface area (Å²) >= 11 is 0. The maximum atomic E-state index is 12.5. The van der Waals surface area contributed by atoms with Crippen LogP contribution >= 0.6 is 0 Å². The lowest BCUT2D eigenvalue weighted by Gasteiger charge is -2.52. The molecule has 1 amide bonds. The normalized spacial score (nSPS) is 28.5. The van der Waals surface area contributed by atoms with Gasteiger partial charge < -0.3 is 9.80 Å². The van der Waals surface area contributed by atoms with Crippen molar-refractivity contribution >= 4 is 5.91 Å². The van der Waals surface area contributed by atoms with Gasteiger partial charge in [0.15, 0.2) is 0 Å². The zero-order valence-corrected chi connectivity index (χ0v) is 14.0. The van der Waals surface area contributed by atoms with E-state index in [4.69, 9.17) is 0 Å². The molecule has 3 nitrogen and oxygen atoms in total. The van der Waals surface area contributed by atoms with Crippen LogP contribution in [0.2, 0.25) is 0 Å². The minimum atomic E-state index is 0.0761. The van der Waals surface area contributed by atoms with E-state index in [1.54, 1.807) is 0 Å². The molecule has 3 saturated heterocycles. The van der Waals surface area contributed by atoms with Gasteiger partial charge in [-0.25, -0.2) is 0 Å². The van der Waals surface area contributed by atoms with E-state index in [-0.39, 0.29) is 5.91 Å². The van der Waals surface area contributed by atoms with Gasteiger partial charge in [-0.3, -0.25) is 4.79 Å². The van der Waals surface area contributed by atoms with E-state index in [1.807, 2.05) is 30.3 Å². The maximum Gasteiger partial charge on any atom is 0.251 e. The lowest BCUT2D eigenvalue weighted by atomic mass is 9.81. The van der Waals surface area contributed by atoms with Crippen molar-refractivity contribution in [3.63, 3.8) is 0 Å². The Morgan fingerprint density at radius 2 is 1.58 bits per heavy atom. The third-order valence-corrected chi connectivity index (χ3v) is 5.81. The maximum absolute atomic E-state index is 12.5. The van der Waals surface area contributed by atoms with Crippen LogP contribution in [-0.4, -0.2) is 36.1 Å². The number of piperidine rings is 3. The number of nitrogens with zero attached hydrogens (tertiary/aromatic N) is 1. The predicted molar refractivity (Wildman–Crippen MR) is 95.4 cm³/mol. The summed E-state index contributed by atoms with van der Waals surface area (Å²) in [6, 6.07) is 20.7. The second-order valence-corrected chi connectivity index (χ2v) is 7.40. The molecule has 3 heterocycles. The summed E-state index contributed by atoms with van der Waals surface area (Å²) in [6.45, 7) is 4.65. The topological polar surface area (TPSA) is 29.1 Å². The summed E-state index contributed by atoms with van der Waals surface area (Å²) in [6.07, 6.45) is 2.46. The largest absolute Gasteiger partial charge is 0.343 e. The Hall–Kier alpha value is -2.13. The molecular weight excluding hydrogens is 296 g/mol. The van der Waals surface area contributed by atoms with Crippen LogP contribution in [0.5, 0.6) is 0 Å². The van der Waals surface area contributed by atoms with Gasteiger partial charge in [0.25, 0.3) is 5.91 Å². The molecule has 3 aliphatic rings. The molecule has 0 saturated carbocycles. The molecule has 5 rings (SSSR count). The molecule has 3 fully saturated rings. The molecule has 0 radical (unpaired) electrons. The van der Waals surface area contributed by atoms with Gasteiger partial charge in [0.1, 0.15) is 6.54 Å². The van der Waals surface area contributed by atoms with Crippen molar-refractivity contribution in [1.29, 1.82) is 0 Å². The van der Waals surface area contributed by atoms with Crippen LogP contribution in [0.25, 0.3) is 0 Å². The number of rotatable bonds is 4. The van der Waals surface area contributed by atoms with Gasteiger partial charge in [-0.2, -0.15) is 0 Å². The number of hydrogen-bond donors (Lipinski definition) is 1. The Kier molecular flexibility index (Phi) is 4.11. The SMILES string of the molecule is O=C(NC1C[N+]2(Cc3ccccc3)CCC1CC2)c1ccccc1. The number of hydrogen-bond acceptors (Lipinski definition) is 1. The predicted octanol–water partition coefficient (Wildman–Crippen LogP) is 3.23. The average Bonchev–Trinajstić information content (AvgIpc) is 2.64. The standard InChI is InChI=1S/C21H24N2O/c24-21(19-9-5-2-6-10-19)22-20-16-23(13-11-18(20)12-14-23)15-17-7-3-1-4-8-17/h1-10,18,20H,11-16H2/p+1. The average molecular weight is 321 g/mol.